The number of anilines is 1. The molecule has 4 nitrogen and oxygen atoms in total. The van der Waals surface area contributed by atoms with Gasteiger partial charge in [-0.15, -0.1) is 0 Å². The first-order valence-corrected chi connectivity index (χ1v) is 6.46. The normalized spacial score (nSPS) is 11.0. The Kier molecular flexibility index (Phi) is 4.99. The molecule has 1 aromatic rings. The first-order chi connectivity index (χ1) is 7.57. The number of halogens is 1. The van der Waals surface area contributed by atoms with E-state index in [-0.39, 0.29) is 5.75 Å². The van der Waals surface area contributed by atoms with Crippen LogP contribution >= 0.6 is 15.9 Å². The molecule has 0 saturated carbocycles. The van der Waals surface area contributed by atoms with E-state index in [9.17, 15) is 9.59 Å². The Morgan fingerprint density at radius 2 is 2.00 bits per heavy atom. The molecule has 0 atom stereocenters. The molecule has 0 spiro atoms. The van der Waals surface area contributed by atoms with Crippen LogP contribution < -0.4 is 20.9 Å². The highest BCUT2D eigenvalue weighted by atomic mass is 79.9. The van der Waals surface area contributed by atoms with Crippen molar-refractivity contribution in [3.8, 4) is 5.75 Å². The van der Waals surface area contributed by atoms with Crippen LogP contribution in [0.5, 0.6) is 5.75 Å². The SMILES string of the molecule is CC(C)COc1c(NCCCBr)c(=O)c1=O. The molecule has 0 heterocycles. The Hall–Kier alpha value is -0.840. The van der Waals surface area contributed by atoms with Crippen molar-refractivity contribution in [2.45, 2.75) is 20.3 Å². The summed E-state index contributed by atoms with van der Waals surface area (Å²) >= 11 is 3.29. The van der Waals surface area contributed by atoms with Gasteiger partial charge in [0.2, 0.25) is 0 Å². The van der Waals surface area contributed by atoms with Crippen molar-refractivity contribution in [2.75, 3.05) is 23.8 Å². The molecule has 0 bridgehead atoms. The van der Waals surface area contributed by atoms with Crippen molar-refractivity contribution in [2.24, 2.45) is 5.92 Å². The second-order valence-corrected chi connectivity index (χ2v) is 4.83. The second-order valence-electron chi connectivity index (χ2n) is 4.04. The van der Waals surface area contributed by atoms with Crippen LogP contribution in [-0.2, 0) is 0 Å². The molecule has 0 aliphatic heterocycles. The van der Waals surface area contributed by atoms with E-state index in [1.165, 1.54) is 0 Å². The molecule has 0 saturated heterocycles. The predicted molar refractivity (Wildman–Crippen MR) is 68.6 cm³/mol. The highest BCUT2D eigenvalue weighted by Crippen LogP contribution is 2.17. The second kappa shape index (κ2) is 6.03. The maximum Gasteiger partial charge on any atom is 0.272 e. The molecule has 90 valence electrons. The fourth-order valence-corrected chi connectivity index (χ4v) is 1.48. The molecule has 0 unspecified atom stereocenters. The summed E-state index contributed by atoms with van der Waals surface area (Å²) in [5.41, 5.74) is -0.637. The van der Waals surface area contributed by atoms with Gasteiger partial charge in [0.05, 0.1) is 6.61 Å². The van der Waals surface area contributed by atoms with Crippen LogP contribution in [0.3, 0.4) is 0 Å². The molecule has 0 amide bonds. The van der Waals surface area contributed by atoms with Crippen LogP contribution in [-0.4, -0.2) is 18.5 Å². The fraction of sp³-hybridized carbons (Fsp3) is 0.636. The van der Waals surface area contributed by atoms with Crippen LogP contribution in [0.2, 0.25) is 0 Å². The Bertz CT molecular complexity index is 407. The highest BCUT2D eigenvalue weighted by molar-refractivity contribution is 9.09. The monoisotopic (exact) mass is 289 g/mol. The average molecular weight is 290 g/mol. The molecule has 0 aromatic heterocycles. The molecule has 1 N–H and O–H groups in total. The summed E-state index contributed by atoms with van der Waals surface area (Å²) in [5, 5.41) is 3.79. The van der Waals surface area contributed by atoms with Gasteiger partial charge in [-0.3, -0.25) is 9.59 Å². The third kappa shape index (κ3) is 3.07. The van der Waals surface area contributed by atoms with Crippen LogP contribution in [0.15, 0.2) is 9.59 Å². The lowest BCUT2D eigenvalue weighted by Crippen LogP contribution is -2.36. The summed E-state index contributed by atoms with van der Waals surface area (Å²) in [5.74, 6) is 0.535. The average Bonchev–Trinajstić information content (AvgIpc) is 2.26. The van der Waals surface area contributed by atoms with E-state index >= 15 is 0 Å². The number of ether oxygens (including phenoxy) is 1. The minimum atomic E-state index is -0.512. The van der Waals surface area contributed by atoms with E-state index in [0.717, 1.165) is 11.8 Å². The maximum atomic E-state index is 11.2. The zero-order chi connectivity index (χ0) is 12.1. The van der Waals surface area contributed by atoms with Gasteiger partial charge in [-0.2, -0.15) is 0 Å². The van der Waals surface area contributed by atoms with E-state index in [0.29, 0.717) is 24.8 Å². The number of rotatable bonds is 7. The van der Waals surface area contributed by atoms with Crippen LogP contribution in [0.25, 0.3) is 0 Å². The van der Waals surface area contributed by atoms with Crippen LogP contribution in [0.1, 0.15) is 20.3 Å². The van der Waals surface area contributed by atoms with Crippen molar-refractivity contribution in [1.29, 1.82) is 0 Å². The van der Waals surface area contributed by atoms with Crippen LogP contribution in [0, 0.1) is 5.92 Å². The number of hydrogen-bond acceptors (Lipinski definition) is 4. The standard InChI is InChI=1S/C11H16BrNO3/c1-7(2)6-16-11-8(9(14)10(11)15)13-5-3-4-12/h7,13H,3-6H2,1-2H3. The van der Waals surface area contributed by atoms with E-state index in [2.05, 4.69) is 21.2 Å². The van der Waals surface area contributed by atoms with Crippen molar-refractivity contribution >= 4 is 21.6 Å². The molecule has 0 aliphatic carbocycles. The van der Waals surface area contributed by atoms with Gasteiger partial charge in [-0.05, 0) is 12.3 Å². The van der Waals surface area contributed by atoms with Gasteiger partial charge in [-0.25, -0.2) is 0 Å². The summed E-state index contributed by atoms with van der Waals surface area (Å²) in [7, 11) is 0. The smallest absolute Gasteiger partial charge is 0.272 e. The van der Waals surface area contributed by atoms with Crippen molar-refractivity contribution in [3.05, 3.63) is 20.4 Å². The van der Waals surface area contributed by atoms with Gasteiger partial charge in [0.1, 0.15) is 5.69 Å². The summed E-state index contributed by atoms with van der Waals surface area (Å²) in [6.07, 6.45) is 0.891. The van der Waals surface area contributed by atoms with Gasteiger partial charge < -0.3 is 10.1 Å². The lowest BCUT2D eigenvalue weighted by Gasteiger charge is -2.14. The van der Waals surface area contributed by atoms with E-state index < -0.39 is 10.9 Å². The summed E-state index contributed by atoms with van der Waals surface area (Å²) < 4.78 is 5.30. The van der Waals surface area contributed by atoms with Gasteiger partial charge in [0.25, 0.3) is 10.9 Å². The third-order valence-electron chi connectivity index (χ3n) is 2.04. The Labute approximate surface area is 103 Å². The van der Waals surface area contributed by atoms with E-state index in [1.54, 1.807) is 0 Å². The number of nitrogens with one attached hydrogen (secondary N) is 1. The fourth-order valence-electron chi connectivity index (χ4n) is 1.20. The lowest BCUT2D eigenvalue weighted by atomic mass is 10.2. The summed E-state index contributed by atoms with van der Waals surface area (Å²) in [4.78, 5) is 22.5. The number of hydrogen-bond donors (Lipinski definition) is 1. The van der Waals surface area contributed by atoms with Gasteiger partial charge in [0, 0.05) is 11.9 Å². The highest BCUT2D eigenvalue weighted by Gasteiger charge is 2.22. The van der Waals surface area contributed by atoms with E-state index in [4.69, 9.17) is 4.74 Å². The molecule has 0 fully saturated rings. The maximum absolute atomic E-state index is 11.2. The van der Waals surface area contributed by atoms with Crippen molar-refractivity contribution in [3.63, 3.8) is 0 Å². The summed E-state index contributed by atoms with van der Waals surface area (Å²) in [6, 6.07) is 0. The molecule has 0 radical (unpaired) electrons. The topological polar surface area (TPSA) is 55.4 Å². The molecule has 0 aliphatic rings. The Morgan fingerprint density at radius 1 is 1.31 bits per heavy atom. The van der Waals surface area contributed by atoms with Gasteiger partial charge in [-0.1, -0.05) is 29.8 Å². The molecule has 5 heteroatoms. The zero-order valence-corrected chi connectivity index (χ0v) is 11.1. The van der Waals surface area contributed by atoms with Crippen molar-refractivity contribution in [1.82, 2.24) is 0 Å². The molecular formula is C11H16BrNO3. The lowest BCUT2D eigenvalue weighted by molar-refractivity contribution is 0.267. The molecule has 1 rings (SSSR count). The molecular weight excluding hydrogens is 274 g/mol. The van der Waals surface area contributed by atoms with Gasteiger partial charge in [0.15, 0.2) is 5.75 Å². The Morgan fingerprint density at radius 3 is 2.56 bits per heavy atom. The quantitative estimate of drug-likeness (QED) is 0.470. The van der Waals surface area contributed by atoms with Crippen LogP contribution in [0.4, 0.5) is 5.69 Å². The minimum absolute atomic E-state index is 0.202. The van der Waals surface area contributed by atoms with Gasteiger partial charge >= 0.3 is 0 Å². The largest absolute Gasteiger partial charge is 0.487 e. The molecule has 16 heavy (non-hydrogen) atoms. The predicted octanol–water partition coefficient (Wildman–Crippen LogP) is 1.51. The first kappa shape index (κ1) is 13.2. The Balaban J connectivity index is 2.59. The first-order valence-electron chi connectivity index (χ1n) is 5.33. The number of alkyl halides is 1. The van der Waals surface area contributed by atoms with E-state index in [1.807, 2.05) is 13.8 Å². The third-order valence-corrected chi connectivity index (χ3v) is 2.60. The van der Waals surface area contributed by atoms with Crippen molar-refractivity contribution < 1.29 is 4.74 Å². The summed E-state index contributed by atoms with van der Waals surface area (Å²) in [6.45, 7) is 5.10. The minimum Gasteiger partial charge on any atom is -0.487 e. The molecule has 1 aromatic carbocycles. The zero-order valence-electron chi connectivity index (χ0n) is 9.51.